The third-order valence-corrected chi connectivity index (χ3v) is 4.91. The molecule has 28 heavy (non-hydrogen) atoms. The first-order chi connectivity index (χ1) is 13.9. The topological polar surface area (TPSA) is 9.23 Å². The van der Waals surface area contributed by atoms with Gasteiger partial charge in [0, 0.05) is 22.3 Å². The molecule has 0 N–H and O–H groups in total. The fourth-order valence-corrected chi connectivity index (χ4v) is 3.57. The van der Waals surface area contributed by atoms with Crippen LogP contribution in [0.3, 0.4) is 0 Å². The molecular weight excluding hydrogens is 340 g/mol. The van der Waals surface area contributed by atoms with E-state index >= 15 is 0 Å². The molecule has 1 aliphatic heterocycles. The van der Waals surface area contributed by atoms with Gasteiger partial charge in [0.25, 0.3) is 0 Å². The Morgan fingerprint density at radius 2 is 0.929 bits per heavy atom. The Kier molecular flexibility index (Phi) is 4.14. The van der Waals surface area contributed by atoms with Crippen LogP contribution in [0.1, 0.15) is 22.3 Å². The summed E-state index contributed by atoms with van der Waals surface area (Å²) >= 11 is 0. The number of para-hydroxylation sites is 2. The summed E-state index contributed by atoms with van der Waals surface area (Å²) in [6, 6.07) is 37.2. The van der Waals surface area contributed by atoms with E-state index in [-0.39, 0.29) is 0 Å². The summed E-state index contributed by atoms with van der Waals surface area (Å²) in [6.07, 6.45) is 0. The highest BCUT2D eigenvalue weighted by molar-refractivity contribution is 5.92. The van der Waals surface area contributed by atoms with Gasteiger partial charge in [-0.1, -0.05) is 84.9 Å². The van der Waals surface area contributed by atoms with Crippen molar-refractivity contribution in [2.75, 3.05) is 0 Å². The molecule has 0 amide bonds. The maximum atomic E-state index is 6.13. The predicted octanol–water partition coefficient (Wildman–Crippen LogP) is 6.95. The molecule has 4 aromatic rings. The standard InChI is InChI=1S/C27H18O/c1-3-11-20(12-4-1)24(21-13-5-2-6-14-21)19-25-22-15-7-9-17-26(22)28-27-18-10-8-16-23(25)27/h1-18H. The first kappa shape index (κ1) is 16.4. The third kappa shape index (κ3) is 2.95. The highest BCUT2D eigenvalue weighted by atomic mass is 16.5. The lowest BCUT2D eigenvalue weighted by atomic mass is 9.91. The molecule has 0 saturated heterocycles. The van der Waals surface area contributed by atoms with Crippen molar-refractivity contribution in [1.82, 2.24) is 0 Å². The molecule has 132 valence electrons. The minimum Gasteiger partial charge on any atom is -0.456 e. The maximum Gasteiger partial charge on any atom is 0.135 e. The van der Waals surface area contributed by atoms with Gasteiger partial charge >= 0.3 is 0 Å². The normalized spacial score (nSPS) is 11.6. The number of fused-ring (bicyclic) bond motifs is 2. The fourth-order valence-electron chi connectivity index (χ4n) is 3.57. The van der Waals surface area contributed by atoms with Crippen molar-refractivity contribution < 1.29 is 4.74 Å². The lowest BCUT2D eigenvalue weighted by Crippen LogP contribution is -2.01. The Balaban J connectivity index is 1.87. The largest absolute Gasteiger partial charge is 0.456 e. The lowest BCUT2D eigenvalue weighted by Gasteiger charge is -2.21. The lowest BCUT2D eigenvalue weighted by molar-refractivity contribution is 0.474. The first-order valence-corrected chi connectivity index (χ1v) is 9.38. The van der Waals surface area contributed by atoms with Gasteiger partial charge in [0.2, 0.25) is 0 Å². The van der Waals surface area contributed by atoms with Gasteiger partial charge in [-0.3, -0.25) is 0 Å². The Bertz CT molecular complexity index is 1110. The van der Waals surface area contributed by atoms with Crippen LogP contribution in [0.4, 0.5) is 0 Å². The molecule has 0 saturated carbocycles. The van der Waals surface area contributed by atoms with Crippen molar-refractivity contribution in [2.45, 2.75) is 0 Å². The Morgan fingerprint density at radius 1 is 0.500 bits per heavy atom. The molecule has 5 rings (SSSR count). The van der Waals surface area contributed by atoms with E-state index in [1.54, 1.807) is 0 Å². The second-order valence-electron chi connectivity index (χ2n) is 6.70. The Labute approximate surface area is 164 Å². The zero-order chi connectivity index (χ0) is 18.8. The van der Waals surface area contributed by atoms with E-state index in [2.05, 4.69) is 66.4 Å². The van der Waals surface area contributed by atoms with Crippen LogP contribution in [-0.2, 0) is 0 Å². The predicted molar refractivity (Wildman–Crippen MR) is 114 cm³/mol. The number of rotatable bonds is 2. The van der Waals surface area contributed by atoms with E-state index in [1.807, 2.05) is 48.5 Å². The smallest absolute Gasteiger partial charge is 0.135 e. The summed E-state index contributed by atoms with van der Waals surface area (Å²) in [5, 5.41) is 0. The monoisotopic (exact) mass is 358 g/mol. The summed E-state index contributed by atoms with van der Waals surface area (Å²) in [4.78, 5) is 0. The molecule has 0 unspecified atom stereocenters. The SMILES string of the molecule is C(=C(c1ccccc1)c1ccccc1)=C1c2ccccc2Oc2ccccc21. The third-order valence-electron chi connectivity index (χ3n) is 4.91. The van der Waals surface area contributed by atoms with Crippen molar-refractivity contribution in [3.05, 3.63) is 137 Å². The van der Waals surface area contributed by atoms with Crippen molar-refractivity contribution in [3.63, 3.8) is 0 Å². The van der Waals surface area contributed by atoms with Crippen molar-refractivity contribution in [1.29, 1.82) is 0 Å². The van der Waals surface area contributed by atoms with Gasteiger partial charge in [-0.05, 0) is 35.4 Å². The molecule has 1 heterocycles. The fraction of sp³-hybridized carbons (Fsp3) is 0. The molecule has 0 aromatic heterocycles. The van der Waals surface area contributed by atoms with Crippen LogP contribution in [-0.4, -0.2) is 0 Å². The number of ether oxygens (including phenoxy) is 1. The summed E-state index contributed by atoms with van der Waals surface area (Å²) in [5.74, 6) is 1.73. The van der Waals surface area contributed by atoms with E-state index < -0.39 is 0 Å². The van der Waals surface area contributed by atoms with Crippen LogP contribution >= 0.6 is 0 Å². The van der Waals surface area contributed by atoms with Crippen LogP contribution in [0.2, 0.25) is 0 Å². The number of hydrogen-bond donors (Lipinski definition) is 0. The highest BCUT2D eigenvalue weighted by Gasteiger charge is 2.21. The first-order valence-electron chi connectivity index (χ1n) is 9.38. The van der Waals surface area contributed by atoms with Crippen molar-refractivity contribution in [2.24, 2.45) is 0 Å². The molecule has 0 spiro atoms. The second-order valence-corrected chi connectivity index (χ2v) is 6.70. The highest BCUT2D eigenvalue weighted by Crippen LogP contribution is 2.43. The van der Waals surface area contributed by atoms with Gasteiger partial charge in [-0.25, -0.2) is 0 Å². The van der Waals surface area contributed by atoms with Crippen molar-refractivity contribution >= 4 is 11.1 Å². The average molecular weight is 358 g/mol. The van der Waals surface area contributed by atoms with Gasteiger partial charge in [-0.15, -0.1) is 5.73 Å². The van der Waals surface area contributed by atoms with Gasteiger partial charge < -0.3 is 4.74 Å². The molecule has 0 aliphatic carbocycles. The Hall–Kier alpha value is -3.80. The maximum absolute atomic E-state index is 6.13. The summed E-state index contributed by atoms with van der Waals surface area (Å²) in [6.45, 7) is 0. The van der Waals surface area contributed by atoms with Gasteiger partial charge in [0.05, 0.1) is 0 Å². The van der Waals surface area contributed by atoms with E-state index in [1.165, 1.54) is 0 Å². The van der Waals surface area contributed by atoms with Crippen LogP contribution < -0.4 is 4.74 Å². The molecule has 1 heteroatoms. The minimum absolute atomic E-state index is 0.865. The van der Waals surface area contributed by atoms with Gasteiger partial charge in [-0.2, -0.15) is 0 Å². The zero-order valence-electron chi connectivity index (χ0n) is 15.3. The molecule has 0 fully saturated rings. The average Bonchev–Trinajstić information content (AvgIpc) is 2.78. The van der Waals surface area contributed by atoms with Crippen LogP contribution in [0.5, 0.6) is 11.5 Å². The quantitative estimate of drug-likeness (QED) is 0.310. The van der Waals surface area contributed by atoms with Crippen LogP contribution in [0.25, 0.3) is 11.1 Å². The Morgan fingerprint density at radius 3 is 1.43 bits per heavy atom. The number of benzene rings is 4. The van der Waals surface area contributed by atoms with E-state index in [0.717, 1.165) is 44.9 Å². The molecule has 4 aromatic carbocycles. The van der Waals surface area contributed by atoms with E-state index in [0.29, 0.717) is 0 Å². The van der Waals surface area contributed by atoms with Gasteiger partial charge in [0.1, 0.15) is 11.5 Å². The van der Waals surface area contributed by atoms with Gasteiger partial charge in [0.15, 0.2) is 0 Å². The summed E-state index contributed by atoms with van der Waals surface area (Å²) in [5.41, 5.74) is 10.3. The summed E-state index contributed by atoms with van der Waals surface area (Å²) in [7, 11) is 0. The second kappa shape index (κ2) is 7.08. The summed E-state index contributed by atoms with van der Waals surface area (Å²) < 4.78 is 6.13. The molecule has 0 atom stereocenters. The van der Waals surface area contributed by atoms with Crippen LogP contribution in [0.15, 0.2) is 115 Å². The van der Waals surface area contributed by atoms with E-state index in [4.69, 9.17) is 4.74 Å². The minimum atomic E-state index is 0.865. The molecule has 0 bridgehead atoms. The zero-order valence-corrected chi connectivity index (χ0v) is 15.3. The van der Waals surface area contributed by atoms with E-state index in [9.17, 15) is 0 Å². The molecular formula is C27H18O. The molecule has 1 nitrogen and oxygen atoms in total. The van der Waals surface area contributed by atoms with Crippen molar-refractivity contribution in [3.8, 4) is 11.5 Å². The number of hydrogen-bond acceptors (Lipinski definition) is 1. The molecule has 0 radical (unpaired) electrons. The molecule has 1 aliphatic rings. The van der Waals surface area contributed by atoms with Crippen LogP contribution in [0, 0.1) is 0 Å².